The first-order chi connectivity index (χ1) is 15.0. The van der Waals surface area contributed by atoms with Crippen LogP contribution in [0, 0.1) is 0 Å². The highest BCUT2D eigenvalue weighted by atomic mass is 35.5. The van der Waals surface area contributed by atoms with Crippen LogP contribution in [0.1, 0.15) is 30.0 Å². The van der Waals surface area contributed by atoms with Gasteiger partial charge in [0.2, 0.25) is 0 Å². The number of rotatable bonds is 6. The molecule has 2 aliphatic heterocycles. The minimum atomic E-state index is -0.177. The summed E-state index contributed by atoms with van der Waals surface area (Å²) < 4.78 is 4.98. The highest BCUT2D eigenvalue weighted by Gasteiger charge is 2.31. The van der Waals surface area contributed by atoms with Crippen molar-refractivity contribution in [3.8, 4) is 0 Å². The average Bonchev–Trinajstić information content (AvgIpc) is 3.06. The van der Waals surface area contributed by atoms with Gasteiger partial charge >= 0.3 is 12.0 Å². The van der Waals surface area contributed by atoms with E-state index in [1.165, 1.54) is 11.1 Å². The van der Waals surface area contributed by atoms with Crippen molar-refractivity contribution in [1.29, 1.82) is 0 Å². The number of carbonyl (C=O) groups excluding carboxylic acids is 2. The number of ether oxygens (including phenoxy) is 1. The Kier molecular flexibility index (Phi) is 8.15. The molecule has 172 valence electrons. The molecule has 7 heteroatoms. The van der Waals surface area contributed by atoms with Crippen LogP contribution in [0.15, 0.2) is 42.5 Å². The Bertz CT molecular complexity index is 948. The van der Waals surface area contributed by atoms with Crippen molar-refractivity contribution in [2.24, 2.45) is 0 Å². The number of likely N-dealkylation sites (N-methyl/N-ethyl adjacent to an activating group) is 1. The Morgan fingerprint density at radius 1 is 0.906 bits per heavy atom. The Morgan fingerprint density at radius 2 is 1.53 bits per heavy atom. The Hall–Kier alpha value is -2.57. The standard InChI is InChI=1S/C25H31N3O3.ClH/c1-3-31-24(29)11-6-19-4-8-22(9-5-19)27-16-17-28(25(27)30)23-10-7-20-12-14-26(2)15-13-21(20)18-23;/h4-5,7-10,18H,3,6,11-17H2,1-2H3;1H. The van der Waals surface area contributed by atoms with Crippen LogP contribution in [0.2, 0.25) is 0 Å². The molecule has 0 atom stereocenters. The number of benzene rings is 2. The summed E-state index contributed by atoms with van der Waals surface area (Å²) >= 11 is 0. The highest BCUT2D eigenvalue weighted by Crippen LogP contribution is 2.28. The number of nitrogens with zero attached hydrogens (tertiary/aromatic N) is 3. The SMILES string of the molecule is CCOC(=O)CCc1ccc(N2CCN(c3ccc4c(c3)CCN(C)CC4)C2=O)cc1.Cl. The first-order valence-corrected chi connectivity index (χ1v) is 11.2. The minimum Gasteiger partial charge on any atom is -0.466 e. The van der Waals surface area contributed by atoms with E-state index in [0.29, 0.717) is 32.5 Å². The molecule has 2 aromatic carbocycles. The average molecular weight is 458 g/mol. The first kappa shape index (κ1) is 24.1. The van der Waals surface area contributed by atoms with E-state index in [-0.39, 0.29) is 24.4 Å². The predicted octanol–water partition coefficient (Wildman–Crippen LogP) is 4.08. The van der Waals surface area contributed by atoms with Crippen LogP contribution in [0.25, 0.3) is 0 Å². The van der Waals surface area contributed by atoms with Crippen molar-refractivity contribution >= 4 is 35.8 Å². The van der Waals surface area contributed by atoms with E-state index in [1.54, 1.807) is 0 Å². The molecule has 1 saturated heterocycles. The predicted molar refractivity (Wildman–Crippen MR) is 130 cm³/mol. The second kappa shape index (κ2) is 10.8. The molecule has 0 unspecified atom stereocenters. The summed E-state index contributed by atoms with van der Waals surface area (Å²) in [5.41, 5.74) is 5.70. The fourth-order valence-corrected chi connectivity index (χ4v) is 4.33. The van der Waals surface area contributed by atoms with Gasteiger partial charge in [-0.1, -0.05) is 18.2 Å². The Morgan fingerprint density at radius 3 is 2.22 bits per heavy atom. The summed E-state index contributed by atoms with van der Waals surface area (Å²) in [7, 11) is 2.16. The van der Waals surface area contributed by atoms with E-state index in [2.05, 4.69) is 30.1 Å². The maximum atomic E-state index is 13.1. The lowest BCUT2D eigenvalue weighted by atomic mass is 10.0. The topological polar surface area (TPSA) is 53.1 Å². The van der Waals surface area contributed by atoms with Gasteiger partial charge < -0.3 is 9.64 Å². The molecule has 0 saturated carbocycles. The van der Waals surface area contributed by atoms with Gasteiger partial charge in [0.25, 0.3) is 0 Å². The molecule has 0 N–H and O–H groups in total. The third-order valence-corrected chi connectivity index (χ3v) is 6.21. The third-order valence-electron chi connectivity index (χ3n) is 6.21. The van der Waals surface area contributed by atoms with E-state index in [9.17, 15) is 9.59 Å². The van der Waals surface area contributed by atoms with Gasteiger partial charge in [0, 0.05) is 44.0 Å². The normalized spacial score (nSPS) is 16.4. The number of hydrogen-bond donors (Lipinski definition) is 0. The van der Waals surface area contributed by atoms with Crippen LogP contribution < -0.4 is 9.80 Å². The minimum absolute atomic E-state index is 0. The molecule has 2 amide bonds. The summed E-state index contributed by atoms with van der Waals surface area (Å²) in [5.74, 6) is -0.177. The molecule has 6 nitrogen and oxygen atoms in total. The fourth-order valence-electron chi connectivity index (χ4n) is 4.33. The molecule has 0 bridgehead atoms. The maximum absolute atomic E-state index is 13.1. The number of urea groups is 1. The zero-order valence-corrected chi connectivity index (χ0v) is 19.7. The molecule has 2 aliphatic rings. The zero-order valence-electron chi connectivity index (χ0n) is 18.9. The van der Waals surface area contributed by atoms with Gasteiger partial charge in [-0.25, -0.2) is 4.79 Å². The molecule has 2 heterocycles. The monoisotopic (exact) mass is 457 g/mol. The Labute approximate surface area is 196 Å². The molecule has 0 spiro atoms. The van der Waals surface area contributed by atoms with Crippen molar-refractivity contribution in [1.82, 2.24) is 4.90 Å². The second-order valence-electron chi connectivity index (χ2n) is 8.31. The highest BCUT2D eigenvalue weighted by molar-refractivity contribution is 6.06. The number of halogens is 1. The van der Waals surface area contributed by atoms with Gasteiger partial charge in [0.05, 0.1) is 6.61 Å². The fraction of sp³-hybridized carbons (Fsp3) is 0.440. The molecular weight excluding hydrogens is 426 g/mol. The van der Waals surface area contributed by atoms with E-state index < -0.39 is 0 Å². The van der Waals surface area contributed by atoms with Crippen LogP contribution in [0.3, 0.4) is 0 Å². The van der Waals surface area contributed by atoms with Crippen LogP contribution in [-0.2, 0) is 28.8 Å². The number of fused-ring (bicyclic) bond motifs is 1. The molecule has 0 aromatic heterocycles. The van der Waals surface area contributed by atoms with Crippen LogP contribution in [0.5, 0.6) is 0 Å². The van der Waals surface area contributed by atoms with Gasteiger partial charge in [0.1, 0.15) is 0 Å². The third kappa shape index (κ3) is 5.43. The Balaban J connectivity index is 0.00000289. The number of aryl methyl sites for hydroxylation is 1. The maximum Gasteiger partial charge on any atom is 0.329 e. The van der Waals surface area contributed by atoms with Crippen molar-refractivity contribution in [2.45, 2.75) is 32.6 Å². The second-order valence-corrected chi connectivity index (χ2v) is 8.31. The van der Waals surface area contributed by atoms with Crippen molar-refractivity contribution in [3.05, 3.63) is 59.2 Å². The van der Waals surface area contributed by atoms with E-state index in [0.717, 1.165) is 42.9 Å². The van der Waals surface area contributed by atoms with E-state index >= 15 is 0 Å². The number of amides is 2. The summed E-state index contributed by atoms with van der Waals surface area (Å²) in [6.45, 7) is 5.71. The lowest BCUT2D eigenvalue weighted by molar-refractivity contribution is -0.143. The van der Waals surface area contributed by atoms with Gasteiger partial charge in [-0.05, 0) is 74.2 Å². The van der Waals surface area contributed by atoms with Crippen molar-refractivity contribution < 1.29 is 14.3 Å². The van der Waals surface area contributed by atoms with Gasteiger partial charge in [-0.2, -0.15) is 0 Å². The number of anilines is 2. The van der Waals surface area contributed by atoms with Gasteiger partial charge in [-0.15, -0.1) is 12.4 Å². The van der Waals surface area contributed by atoms with E-state index in [1.807, 2.05) is 41.0 Å². The van der Waals surface area contributed by atoms with E-state index in [4.69, 9.17) is 4.74 Å². The zero-order chi connectivity index (χ0) is 21.8. The number of esters is 1. The van der Waals surface area contributed by atoms with Gasteiger partial charge in [-0.3, -0.25) is 14.6 Å². The quantitative estimate of drug-likeness (QED) is 0.613. The first-order valence-electron chi connectivity index (χ1n) is 11.2. The smallest absolute Gasteiger partial charge is 0.329 e. The van der Waals surface area contributed by atoms with Crippen molar-refractivity contribution in [2.75, 3.05) is 49.6 Å². The molecule has 32 heavy (non-hydrogen) atoms. The molecule has 4 rings (SSSR count). The number of hydrogen-bond acceptors (Lipinski definition) is 4. The van der Waals surface area contributed by atoms with Crippen LogP contribution in [-0.4, -0.2) is 56.7 Å². The molecule has 2 aromatic rings. The summed E-state index contributed by atoms with van der Waals surface area (Å²) in [6.07, 6.45) is 3.11. The molecule has 1 fully saturated rings. The lowest BCUT2D eigenvalue weighted by Gasteiger charge is -2.20. The molecule has 0 aliphatic carbocycles. The summed E-state index contributed by atoms with van der Waals surface area (Å²) in [4.78, 5) is 30.8. The lowest BCUT2D eigenvalue weighted by Crippen LogP contribution is -2.31. The van der Waals surface area contributed by atoms with Gasteiger partial charge in [0.15, 0.2) is 0 Å². The van der Waals surface area contributed by atoms with Crippen LogP contribution in [0.4, 0.5) is 16.2 Å². The summed E-state index contributed by atoms with van der Waals surface area (Å²) in [6, 6.07) is 14.4. The number of carbonyl (C=O) groups is 2. The molecule has 0 radical (unpaired) electrons. The van der Waals surface area contributed by atoms with Crippen molar-refractivity contribution in [3.63, 3.8) is 0 Å². The largest absolute Gasteiger partial charge is 0.466 e. The summed E-state index contributed by atoms with van der Waals surface area (Å²) in [5, 5.41) is 0. The van der Waals surface area contributed by atoms with Crippen LogP contribution >= 0.6 is 12.4 Å². The molecular formula is C25H32ClN3O3.